The molecule has 0 aliphatic rings. The minimum Gasteiger partial charge on any atom is -0.392 e. The quantitative estimate of drug-likeness (QED) is 0.626. The summed E-state index contributed by atoms with van der Waals surface area (Å²) in [6, 6.07) is -0.503. The van der Waals surface area contributed by atoms with Gasteiger partial charge in [-0.15, -0.1) is 0 Å². The van der Waals surface area contributed by atoms with E-state index in [2.05, 4.69) is 5.32 Å². The first-order valence-corrected chi connectivity index (χ1v) is 5.40. The van der Waals surface area contributed by atoms with Crippen LogP contribution < -0.4 is 11.1 Å². The number of hydrogen-bond acceptors (Lipinski definition) is 3. The van der Waals surface area contributed by atoms with Crippen molar-refractivity contribution < 1.29 is 9.90 Å². The van der Waals surface area contributed by atoms with Gasteiger partial charge in [0.1, 0.15) is 0 Å². The number of carbonyl (C=O) groups is 1. The zero-order valence-electron chi connectivity index (χ0n) is 10.4. The van der Waals surface area contributed by atoms with Gasteiger partial charge in [-0.05, 0) is 12.8 Å². The zero-order chi connectivity index (χ0) is 12.2. The van der Waals surface area contributed by atoms with E-state index in [-0.39, 0.29) is 17.2 Å². The smallest absolute Gasteiger partial charge is 0.236 e. The first-order chi connectivity index (χ1) is 6.68. The predicted octanol–water partition coefficient (Wildman–Crippen LogP) is 0.493. The van der Waals surface area contributed by atoms with Gasteiger partial charge >= 0.3 is 0 Å². The molecular formula is C11H24N2O2. The Morgan fingerprint density at radius 3 is 2.20 bits per heavy atom. The Balaban J connectivity index is 4.21. The van der Waals surface area contributed by atoms with Gasteiger partial charge in [-0.1, -0.05) is 27.7 Å². The molecule has 0 spiro atoms. The summed E-state index contributed by atoms with van der Waals surface area (Å²) < 4.78 is 0. The molecule has 0 aromatic carbocycles. The molecule has 0 saturated heterocycles. The van der Waals surface area contributed by atoms with E-state index in [1.165, 1.54) is 0 Å². The van der Waals surface area contributed by atoms with Crippen LogP contribution in [0.1, 0.15) is 34.6 Å². The Labute approximate surface area is 92.2 Å². The third kappa shape index (κ3) is 4.62. The van der Waals surface area contributed by atoms with Gasteiger partial charge in [0.15, 0.2) is 0 Å². The molecule has 90 valence electrons. The first kappa shape index (κ1) is 14.4. The lowest BCUT2D eigenvalue weighted by atomic mass is 9.80. The van der Waals surface area contributed by atoms with Crippen LogP contribution in [-0.2, 0) is 4.79 Å². The van der Waals surface area contributed by atoms with Crippen molar-refractivity contribution in [3.05, 3.63) is 0 Å². The summed E-state index contributed by atoms with van der Waals surface area (Å²) >= 11 is 0. The summed E-state index contributed by atoms with van der Waals surface area (Å²) in [4.78, 5) is 11.3. The van der Waals surface area contributed by atoms with E-state index in [1.807, 2.05) is 27.7 Å². The van der Waals surface area contributed by atoms with Crippen LogP contribution in [0.5, 0.6) is 0 Å². The summed E-state index contributed by atoms with van der Waals surface area (Å²) in [5.41, 5.74) is 5.09. The standard InChI is InChI=1S/C11H24N2O2/c1-7(2)9(14)11(4,5)6-13-10(15)8(3)12/h7-9,14H,6,12H2,1-5H3,(H,13,15). The monoisotopic (exact) mass is 216 g/mol. The van der Waals surface area contributed by atoms with Crippen LogP contribution in [0.4, 0.5) is 0 Å². The van der Waals surface area contributed by atoms with Crippen molar-refractivity contribution in [3.8, 4) is 0 Å². The number of nitrogens with two attached hydrogens (primary N) is 1. The largest absolute Gasteiger partial charge is 0.392 e. The molecule has 0 aromatic rings. The van der Waals surface area contributed by atoms with E-state index < -0.39 is 12.1 Å². The van der Waals surface area contributed by atoms with Crippen molar-refractivity contribution >= 4 is 5.91 Å². The molecule has 0 fully saturated rings. The molecule has 0 aromatic heterocycles. The molecule has 4 heteroatoms. The summed E-state index contributed by atoms with van der Waals surface area (Å²) in [7, 11) is 0. The number of carbonyl (C=O) groups excluding carboxylic acids is 1. The topological polar surface area (TPSA) is 75.4 Å². The molecular weight excluding hydrogens is 192 g/mol. The molecule has 0 heterocycles. The molecule has 0 radical (unpaired) electrons. The van der Waals surface area contributed by atoms with Crippen molar-refractivity contribution in [1.82, 2.24) is 5.32 Å². The SMILES string of the molecule is CC(N)C(=O)NCC(C)(C)C(O)C(C)C. The number of rotatable bonds is 5. The molecule has 0 bridgehead atoms. The Morgan fingerprint density at radius 2 is 1.87 bits per heavy atom. The lowest BCUT2D eigenvalue weighted by Crippen LogP contribution is -2.47. The van der Waals surface area contributed by atoms with Crippen molar-refractivity contribution in [2.75, 3.05) is 6.54 Å². The van der Waals surface area contributed by atoms with Crippen molar-refractivity contribution in [3.63, 3.8) is 0 Å². The molecule has 0 saturated carbocycles. The van der Waals surface area contributed by atoms with Gasteiger partial charge in [0.05, 0.1) is 12.1 Å². The third-order valence-corrected chi connectivity index (χ3v) is 2.56. The normalized spacial score (nSPS) is 16.3. The average molecular weight is 216 g/mol. The molecule has 4 N–H and O–H groups in total. The Morgan fingerprint density at radius 1 is 1.40 bits per heavy atom. The van der Waals surface area contributed by atoms with Crippen LogP contribution in [0.2, 0.25) is 0 Å². The van der Waals surface area contributed by atoms with Crippen LogP contribution in [0.15, 0.2) is 0 Å². The number of aliphatic hydroxyl groups excluding tert-OH is 1. The second-order valence-electron chi connectivity index (χ2n) is 5.18. The summed E-state index contributed by atoms with van der Waals surface area (Å²) in [5.74, 6) is -0.00812. The number of amides is 1. The fraction of sp³-hybridized carbons (Fsp3) is 0.909. The van der Waals surface area contributed by atoms with Crippen LogP contribution in [0.25, 0.3) is 0 Å². The Bertz CT molecular complexity index is 213. The maximum absolute atomic E-state index is 11.3. The fourth-order valence-electron chi connectivity index (χ4n) is 1.48. The van der Waals surface area contributed by atoms with E-state index in [0.717, 1.165) is 0 Å². The van der Waals surface area contributed by atoms with Crippen LogP contribution in [-0.4, -0.2) is 29.7 Å². The number of nitrogens with one attached hydrogen (secondary N) is 1. The predicted molar refractivity (Wildman–Crippen MR) is 61.3 cm³/mol. The second-order valence-corrected chi connectivity index (χ2v) is 5.18. The van der Waals surface area contributed by atoms with E-state index >= 15 is 0 Å². The van der Waals surface area contributed by atoms with Crippen LogP contribution in [0, 0.1) is 11.3 Å². The maximum Gasteiger partial charge on any atom is 0.236 e. The van der Waals surface area contributed by atoms with Gasteiger partial charge < -0.3 is 16.2 Å². The first-order valence-electron chi connectivity index (χ1n) is 5.40. The van der Waals surface area contributed by atoms with Gasteiger partial charge in [0.25, 0.3) is 0 Å². The highest BCUT2D eigenvalue weighted by Gasteiger charge is 2.30. The summed E-state index contributed by atoms with van der Waals surface area (Å²) in [5, 5.41) is 12.7. The van der Waals surface area contributed by atoms with Gasteiger partial charge in [-0.2, -0.15) is 0 Å². The van der Waals surface area contributed by atoms with Crippen molar-refractivity contribution in [1.29, 1.82) is 0 Å². The van der Waals surface area contributed by atoms with E-state index in [4.69, 9.17) is 5.73 Å². The maximum atomic E-state index is 11.3. The van der Waals surface area contributed by atoms with E-state index in [0.29, 0.717) is 6.54 Å². The van der Waals surface area contributed by atoms with Gasteiger partial charge in [0.2, 0.25) is 5.91 Å². The van der Waals surface area contributed by atoms with Gasteiger partial charge in [-0.3, -0.25) is 4.79 Å². The summed E-state index contributed by atoms with van der Waals surface area (Å²) in [6.45, 7) is 9.85. The highest BCUT2D eigenvalue weighted by molar-refractivity contribution is 5.80. The van der Waals surface area contributed by atoms with Crippen LogP contribution in [0.3, 0.4) is 0 Å². The fourth-order valence-corrected chi connectivity index (χ4v) is 1.48. The zero-order valence-corrected chi connectivity index (χ0v) is 10.4. The van der Waals surface area contributed by atoms with Gasteiger partial charge in [-0.25, -0.2) is 0 Å². The minimum atomic E-state index is -0.503. The molecule has 2 unspecified atom stereocenters. The third-order valence-electron chi connectivity index (χ3n) is 2.56. The van der Waals surface area contributed by atoms with E-state index in [1.54, 1.807) is 6.92 Å². The second kappa shape index (κ2) is 5.47. The number of hydrogen-bond donors (Lipinski definition) is 3. The van der Waals surface area contributed by atoms with Crippen molar-refractivity contribution in [2.45, 2.75) is 46.8 Å². The molecule has 15 heavy (non-hydrogen) atoms. The number of aliphatic hydroxyl groups is 1. The minimum absolute atomic E-state index is 0.173. The lowest BCUT2D eigenvalue weighted by molar-refractivity contribution is -0.123. The van der Waals surface area contributed by atoms with E-state index in [9.17, 15) is 9.90 Å². The Hall–Kier alpha value is -0.610. The lowest BCUT2D eigenvalue weighted by Gasteiger charge is -2.33. The highest BCUT2D eigenvalue weighted by atomic mass is 16.3. The van der Waals surface area contributed by atoms with Crippen LogP contribution >= 0.6 is 0 Å². The van der Waals surface area contributed by atoms with Crippen molar-refractivity contribution in [2.24, 2.45) is 17.1 Å². The molecule has 0 rings (SSSR count). The Kier molecular flexibility index (Phi) is 5.24. The molecule has 1 amide bonds. The van der Waals surface area contributed by atoms with Gasteiger partial charge in [0, 0.05) is 12.0 Å². The molecule has 4 nitrogen and oxygen atoms in total. The average Bonchev–Trinajstić information content (AvgIpc) is 2.12. The molecule has 2 atom stereocenters. The summed E-state index contributed by atoms with van der Waals surface area (Å²) in [6.07, 6.45) is -0.439. The highest BCUT2D eigenvalue weighted by Crippen LogP contribution is 2.24. The molecule has 0 aliphatic heterocycles. The molecule has 0 aliphatic carbocycles.